The minimum absolute atomic E-state index is 0.182. The van der Waals surface area contributed by atoms with Crippen LogP contribution in [0.3, 0.4) is 0 Å². The van der Waals surface area contributed by atoms with E-state index in [4.69, 9.17) is 0 Å². The van der Waals surface area contributed by atoms with E-state index in [0.29, 0.717) is 6.42 Å². The number of amides is 1. The van der Waals surface area contributed by atoms with E-state index >= 15 is 0 Å². The van der Waals surface area contributed by atoms with E-state index in [-0.39, 0.29) is 13.2 Å². The largest absolute Gasteiger partial charge is 0.445 e. The molecule has 0 heterocycles. The fraction of sp³-hybridized carbons (Fsp3) is 0.700. The summed E-state index contributed by atoms with van der Waals surface area (Å²) in [7, 11) is 0. The van der Waals surface area contributed by atoms with Crippen LogP contribution in [-0.2, 0) is 4.74 Å². The third-order valence-corrected chi connectivity index (χ3v) is 1.73. The van der Waals surface area contributed by atoms with Gasteiger partial charge in [0.15, 0.2) is 0 Å². The highest BCUT2D eigenvalue weighted by Gasteiger charge is 2.19. The molecule has 0 saturated carbocycles. The number of nitrogens with one attached hydrogen (secondary N) is 1. The van der Waals surface area contributed by atoms with Crippen molar-refractivity contribution < 1.29 is 14.6 Å². The number of carbonyl (C=O) groups excluding carboxylic acids is 1. The van der Waals surface area contributed by atoms with Crippen LogP contribution in [0.2, 0.25) is 0 Å². The zero-order valence-electron chi connectivity index (χ0n) is 8.88. The maximum Gasteiger partial charge on any atom is 0.407 e. The van der Waals surface area contributed by atoms with Crippen LogP contribution >= 0.6 is 0 Å². The lowest BCUT2D eigenvalue weighted by Crippen LogP contribution is -2.40. The number of rotatable bonds is 6. The van der Waals surface area contributed by atoms with Gasteiger partial charge in [-0.3, -0.25) is 0 Å². The highest BCUT2D eigenvalue weighted by atomic mass is 16.5. The summed E-state index contributed by atoms with van der Waals surface area (Å²) in [5, 5.41) is 12.2. The lowest BCUT2D eigenvalue weighted by Gasteiger charge is -2.22. The van der Waals surface area contributed by atoms with Crippen LogP contribution in [0.25, 0.3) is 0 Å². The normalized spacial score (nSPS) is 14.2. The second-order valence-corrected chi connectivity index (χ2v) is 3.49. The number of ether oxygens (including phenoxy) is 1. The molecule has 0 radical (unpaired) electrons. The molecule has 2 N–H and O–H groups in total. The minimum atomic E-state index is -0.859. The summed E-state index contributed by atoms with van der Waals surface area (Å²) in [6.45, 7) is 7.47. The molecule has 0 saturated heterocycles. The van der Waals surface area contributed by atoms with Crippen LogP contribution in [0, 0.1) is 0 Å². The van der Waals surface area contributed by atoms with E-state index in [1.165, 1.54) is 6.08 Å². The van der Waals surface area contributed by atoms with Crippen LogP contribution in [0.5, 0.6) is 0 Å². The number of hydrogen-bond donors (Lipinski definition) is 2. The number of alkyl carbamates (subject to hydrolysis) is 1. The summed E-state index contributed by atoms with van der Waals surface area (Å²) in [6.07, 6.45) is 2.48. The van der Waals surface area contributed by atoms with Crippen molar-refractivity contribution in [3.05, 3.63) is 12.7 Å². The Labute approximate surface area is 85.0 Å². The van der Waals surface area contributed by atoms with Crippen LogP contribution in [-0.4, -0.2) is 30.0 Å². The van der Waals surface area contributed by atoms with Gasteiger partial charge in [-0.25, -0.2) is 4.79 Å². The van der Waals surface area contributed by atoms with Crippen molar-refractivity contribution in [3.8, 4) is 0 Å². The Morgan fingerprint density at radius 1 is 1.71 bits per heavy atom. The SMILES string of the molecule is C=CCOC(=O)NCC(C)(O)CCC. The summed E-state index contributed by atoms with van der Waals surface area (Å²) in [4.78, 5) is 11.0. The van der Waals surface area contributed by atoms with Gasteiger partial charge in [0.05, 0.1) is 5.60 Å². The van der Waals surface area contributed by atoms with E-state index < -0.39 is 11.7 Å². The predicted molar refractivity (Wildman–Crippen MR) is 55.1 cm³/mol. The maximum absolute atomic E-state index is 11.0. The molecule has 1 atom stereocenters. The third kappa shape index (κ3) is 6.48. The van der Waals surface area contributed by atoms with Gasteiger partial charge in [0.2, 0.25) is 0 Å². The molecule has 4 nitrogen and oxygen atoms in total. The van der Waals surface area contributed by atoms with Gasteiger partial charge in [-0.05, 0) is 13.3 Å². The summed E-state index contributed by atoms with van der Waals surface area (Å²) in [5.41, 5.74) is -0.859. The highest BCUT2D eigenvalue weighted by molar-refractivity contribution is 5.67. The van der Waals surface area contributed by atoms with E-state index in [1.54, 1.807) is 6.92 Å². The predicted octanol–water partition coefficient (Wildman–Crippen LogP) is 1.45. The molecule has 0 rings (SSSR count). The summed E-state index contributed by atoms with van der Waals surface area (Å²) >= 11 is 0. The molecule has 0 aromatic rings. The Kier molecular flexibility index (Phi) is 5.95. The summed E-state index contributed by atoms with van der Waals surface area (Å²) in [6, 6.07) is 0. The van der Waals surface area contributed by atoms with Gasteiger partial charge in [-0.15, -0.1) is 0 Å². The Morgan fingerprint density at radius 2 is 2.36 bits per heavy atom. The van der Waals surface area contributed by atoms with Crippen LogP contribution < -0.4 is 5.32 Å². The molecule has 4 heteroatoms. The topological polar surface area (TPSA) is 58.6 Å². The van der Waals surface area contributed by atoms with Gasteiger partial charge in [0.1, 0.15) is 6.61 Å². The second kappa shape index (κ2) is 6.43. The summed E-state index contributed by atoms with van der Waals surface area (Å²) < 4.78 is 4.69. The Balaban J connectivity index is 3.69. The quantitative estimate of drug-likeness (QED) is 0.639. The van der Waals surface area contributed by atoms with Crippen molar-refractivity contribution in [2.45, 2.75) is 32.3 Å². The van der Waals surface area contributed by atoms with Crippen molar-refractivity contribution in [2.24, 2.45) is 0 Å². The Hall–Kier alpha value is -1.03. The molecule has 0 spiro atoms. The molecule has 0 bridgehead atoms. The molecular formula is C10H19NO3. The maximum atomic E-state index is 11.0. The Morgan fingerprint density at radius 3 is 2.86 bits per heavy atom. The standard InChI is InChI=1S/C10H19NO3/c1-4-6-10(3,13)8-11-9(12)14-7-5-2/h5,13H,2,4,6-8H2,1,3H3,(H,11,12). The Bertz CT molecular complexity index is 190. The lowest BCUT2D eigenvalue weighted by molar-refractivity contribution is 0.0481. The molecule has 1 unspecified atom stereocenters. The minimum Gasteiger partial charge on any atom is -0.445 e. The van der Waals surface area contributed by atoms with Crippen LogP contribution in [0.15, 0.2) is 12.7 Å². The van der Waals surface area contributed by atoms with Crippen molar-refractivity contribution in [1.29, 1.82) is 0 Å². The zero-order chi connectivity index (χ0) is 11.0. The monoisotopic (exact) mass is 201 g/mol. The van der Waals surface area contributed by atoms with Gasteiger partial charge in [0.25, 0.3) is 0 Å². The van der Waals surface area contributed by atoms with Crippen molar-refractivity contribution in [2.75, 3.05) is 13.2 Å². The zero-order valence-corrected chi connectivity index (χ0v) is 8.88. The molecule has 0 aliphatic heterocycles. The molecule has 0 aromatic heterocycles. The highest BCUT2D eigenvalue weighted by Crippen LogP contribution is 2.09. The first-order valence-electron chi connectivity index (χ1n) is 4.75. The lowest BCUT2D eigenvalue weighted by atomic mass is 10.0. The molecule has 1 amide bonds. The molecule has 0 fully saturated rings. The van der Waals surface area contributed by atoms with Gasteiger partial charge in [-0.2, -0.15) is 0 Å². The number of aliphatic hydroxyl groups is 1. The van der Waals surface area contributed by atoms with Gasteiger partial charge >= 0.3 is 6.09 Å². The first-order chi connectivity index (χ1) is 6.52. The van der Waals surface area contributed by atoms with Crippen LogP contribution in [0.1, 0.15) is 26.7 Å². The first kappa shape index (κ1) is 13.0. The molecule has 0 aromatic carbocycles. The van der Waals surface area contributed by atoms with E-state index in [2.05, 4.69) is 16.6 Å². The number of carbonyl (C=O) groups is 1. The third-order valence-electron chi connectivity index (χ3n) is 1.73. The van der Waals surface area contributed by atoms with Crippen LogP contribution in [0.4, 0.5) is 4.79 Å². The van der Waals surface area contributed by atoms with Gasteiger partial charge in [-0.1, -0.05) is 26.0 Å². The van der Waals surface area contributed by atoms with E-state index in [9.17, 15) is 9.90 Å². The van der Waals surface area contributed by atoms with Gasteiger partial charge < -0.3 is 15.2 Å². The molecular weight excluding hydrogens is 182 g/mol. The fourth-order valence-electron chi connectivity index (χ4n) is 1.08. The van der Waals surface area contributed by atoms with Crippen molar-refractivity contribution >= 4 is 6.09 Å². The molecule has 0 aliphatic rings. The first-order valence-corrected chi connectivity index (χ1v) is 4.75. The second-order valence-electron chi connectivity index (χ2n) is 3.49. The van der Waals surface area contributed by atoms with Crippen molar-refractivity contribution in [3.63, 3.8) is 0 Å². The molecule has 14 heavy (non-hydrogen) atoms. The fourth-order valence-corrected chi connectivity index (χ4v) is 1.08. The molecule has 82 valence electrons. The summed E-state index contributed by atoms with van der Waals surface area (Å²) in [5.74, 6) is 0. The van der Waals surface area contributed by atoms with E-state index in [0.717, 1.165) is 6.42 Å². The smallest absolute Gasteiger partial charge is 0.407 e. The van der Waals surface area contributed by atoms with Gasteiger partial charge in [0, 0.05) is 6.54 Å². The average Bonchev–Trinajstić information content (AvgIpc) is 2.11. The van der Waals surface area contributed by atoms with E-state index in [1.807, 2.05) is 6.92 Å². The molecule has 0 aliphatic carbocycles. The average molecular weight is 201 g/mol. The van der Waals surface area contributed by atoms with Crippen molar-refractivity contribution in [1.82, 2.24) is 5.32 Å². The number of hydrogen-bond acceptors (Lipinski definition) is 3.